The first-order valence-corrected chi connectivity index (χ1v) is 4.48. The van der Waals surface area contributed by atoms with Crippen molar-refractivity contribution < 1.29 is 9.90 Å². The van der Waals surface area contributed by atoms with Crippen molar-refractivity contribution in [1.82, 2.24) is 5.32 Å². The number of rotatable bonds is 5. The van der Waals surface area contributed by atoms with E-state index in [4.69, 9.17) is 5.11 Å². The summed E-state index contributed by atoms with van der Waals surface area (Å²) in [6, 6.07) is 0.219. The maximum atomic E-state index is 11.1. The molecule has 1 atom stereocenters. The summed E-state index contributed by atoms with van der Waals surface area (Å²) in [5.41, 5.74) is 0. The van der Waals surface area contributed by atoms with E-state index in [-0.39, 0.29) is 18.6 Å². The largest absolute Gasteiger partial charge is 0.396 e. The fraction of sp³-hybridized carbons (Fsp3) is 0.889. The monoisotopic (exact) mass is 173 g/mol. The van der Waals surface area contributed by atoms with Gasteiger partial charge in [-0.3, -0.25) is 4.79 Å². The summed E-state index contributed by atoms with van der Waals surface area (Å²) >= 11 is 0. The van der Waals surface area contributed by atoms with E-state index in [0.29, 0.717) is 18.8 Å². The Bertz CT molecular complexity index is 134. The van der Waals surface area contributed by atoms with Gasteiger partial charge in [-0.2, -0.15) is 0 Å². The van der Waals surface area contributed by atoms with Gasteiger partial charge < -0.3 is 10.4 Å². The van der Waals surface area contributed by atoms with E-state index in [1.807, 2.05) is 6.92 Å². The van der Waals surface area contributed by atoms with E-state index in [2.05, 4.69) is 19.2 Å². The summed E-state index contributed by atoms with van der Waals surface area (Å²) in [5.74, 6) is 0.494. The highest BCUT2D eigenvalue weighted by molar-refractivity contribution is 5.76. The molecule has 0 aliphatic rings. The Morgan fingerprint density at radius 3 is 2.42 bits per heavy atom. The van der Waals surface area contributed by atoms with Crippen LogP contribution < -0.4 is 5.32 Å². The van der Waals surface area contributed by atoms with Gasteiger partial charge in [-0.1, -0.05) is 13.8 Å². The highest BCUT2D eigenvalue weighted by Crippen LogP contribution is 2.00. The van der Waals surface area contributed by atoms with Crippen molar-refractivity contribution in [1.29, 1.82) is 0 Å². The van der Waals surface area contributed by atoms with E-state index in [0.717, 1.165) is 0 Å². The molecule has 0 saturated carbocycles. The minimum Gasteiger partial charge on any atom is -0.396 e. The smallest absolute Gasteiger partial charge is 0.220 e. The molecule has 0 aliphatic heterocycles. The van der Waals surface area contributed by atoms with Crippen LogP contribution in [0.5, 0.6) is 0 Å². The molecule has 0 saturated heterocycles. The quantitative estimate of drug-likeness (QED) is 0.649. The number of aliphatic hydroxyl groups is 1. The third kappa shape index (κ3) is 5.13. The van der Waals surface area contributed by atoms with Crippen molar-refractivity contribution in [3.63, 3.8) is 0 Å². The summed E-state index contributed by atoms with van der Waals surface area (Å²) in [4.78, 5) is 11.1. The number of carbonyl (C=O) groups is 1. The van der Waals surface area contributed by atoms with Gasteiger partial charge in [0.25, 0.3) is 0 Å². The van der Waals surface area contributed by atoms with Crippen molar-refractivity contribution in [2.45, 2.75) is 39.7 Å². The van der Waals surface area contributed by atoms with Crippen molar-refractivity contribution in [3.8, 4) is 0 Å². The number of aliphatic hydroxyl groups excluding tert-OH is 1. The van der Waals surface area contributed by atoms with Gasteiger partial charge in [0.15, 0.2) is 0 Å². The second kappa shape index (κ2) is 6.00. The second-order valence-corrected chi connectivity index (χ2v) is 3.43. The zero-order chi connectivity index (χ0) is 9.56. The highest BCUT2D eigenvalue weighted by atomic mass is 16.3. The molecular formula is C9H19NO2. The molecule has 3 nitrogen and oxygen atoms in total. The molecule has 1 amide bonds. The molecule has 72 valence electrons. The van der Waals surface area contributed by atoms with Crippen molar-refractivity contribution in [3.05, 3.63) is 0 Å². The molecule has 0 heterocycles. The summed E-state index contributed by atoms with van der Waals surface area (Å²) in [6.45, 7) is 6.21. The van der Waals surface area contributed by atoms with Crippen LogP contribution in [0.4, 0.5) is 0 Å². The Labute approximate surface area is 74.2 Å². The Kier molecular flexibility index (Phi) is 5.72. The molecule has 0 rings (SSSR count). The fourth-order valence-electron chi connectivity index (χ4n) is 0.732. The number of hydrogen-bond acceptors (Lipinski definition) is 2. The first-order chi connectivity index (χ1) is 5.57. The van der Waals surface area contributed by atoms with Crippen molar-refractivity contribution >= 4 is 5.91 Å². The lowest BCUT2D eigenvalue weighted by Gasteiger charge is -2.16. The van der Waals surface area contributed by atoms with E-state index in [9.17, 15) is 4.79 Å². The molecule has 0 aliphatic carbocycles. The lowest BCUT2D eigenvalue weighted by atomic mass is 10.1. The van der Waals surface area contributed by atoms with E-state index in [1.165, 1.54) is 0 Å². The molecule has 0 fully saturated rings. The normalized spacial score (nSPS) is 13.1. The van der Waals surface area contributed by atoms with Crippen LogP contribution in [0.1, 0.15) is 33.6 Å². The molecule has 0 aromatic rings. The number of nitrogens with one attached hydrogen (secondary N) is 1. The summed E-state index contributed by atoms with van der Waals surface area (Å²) in [6.07, 6.45) is 0.976. The SMILES string of the molecule is CC(C)C(C)NC(=O)CCCO. The Balaban J connectivity index is 3.54. The predicted octanol–water partition coefficient (Wildman–Crippen LogP) is 0.920. The first-order valence-electron chi connectivity index (χ1n) is 4.48. The lowest BCUT2D eigenvalue weighted by Crippen LogP contribution is -2.35. The minimum absolute atomic E-state index is 0.0326. The topological polar surface area (TPSA) is 49.3 Å². The Morgan fingerprint density at radius 1 is 1.42 bits per heavy atom. The maximum absolute atomic E-state index is 11.1. The van der Waals surface area contributed by atoms with E-state index >= 15 is 0 Å². The van der Waals surface area contributed by atoms with Gasteiger partial charge in [0, 0.05) is 19.1 Å². The van der Waals surface area contributed by atoms with E-state index in [1.54, 1.807) is 0 Å². The van der Waals surface area contributed by atoms with Crippen LogP contribution in [0.3, 0.4) is 0 Å². The summed E-state index contributed by atoms with van der Waals surface area (Å²) in [7, 11) is 0. The Morgan fingerprint density at radius 2 is 2.00 bits per heavy atom. The number of hydrogen-bond donors (Lipinski definition) is 2. The van der Waals surface area contributed by atoms with Crippen LogP contribution >= 0.6 is 0 Å². The van der Waals surface area contributed by atoms with Gasteiger partial charge in [0.1, 0.15) is 0 Å². The molecule has 0 bridgehead atoms. The Hall–Kier alpha value is -0.570. The van der Waals surface area contributed by atoms with Crippen LogP contribution in [-0.4, -0.2) is 23.7 Å². The molecule has 1 unspecified atom stereocenters. The number of carbonyl (C=O) groups excluding carboxylic acids is 1. The molecule has 0 aromatic carbocycles. The third-order valence-corrected chi connectivity index (χ3v) is 1.95. The number of amides is 1. The minimum atomic E-state index is 0.0326. The predicted molar refractivity (Wildman–Crippen MR) is 48.8 cm³/mol. The molecule has 0 spiro atoms. The van der Waals surface area contributed by atoms with Crippen LogP contribution in [-0.2, 0) is 4.79 Å². The zero-order valence-corrected chi connectivity index (χ0v) is 8.13. The highest BCUT2D eigenvalue weighted by Gasteiger charge is 2.09. The van der Waals surface area contributed by atoms with Gasteiger partial charge >= 0.3 is 0 Å². The summed E-state index contributed by atoms with van der Waals surface area (Å²) in [5, 5.41) is 11.3. The maximum Gasteiger partial charge on any atom is 0.220 e. The van der Waals surface area contributed by atoms with Gasteiger partial charge in [0.05, 0.1) is 0 Å². The van der Waals surface area contributed by atoms with Gasteiger partial charge in [-0.05, 0) is 19.3 Å². The van der Waals surface area contributed by atoms with Crippen LogP contribution in [0.2, 0.25) is 0 Å². The second-order valence-electron chi connectivity index (χ2n) is 3.43. The molecule has 3 heteroatoms. The lowest BCUT2D eigenvalue weighted by molar-refractivity contribution is -0.122. The average molecular weight is 173 g/mol. The van der Waals surface area contributed by atoms with Crippen LogP contribution in [0.15, 0.2) is 0 Å². The van der Waals surface area contributed by atoms with Crippen molar-refractivity contribution in [2.75, 3.05) is 6.61 Å². The molecule has 2 N–H and O–H groups in total. The third-order valence-electron chi connectivity index (χ3n) is 1.95. The molecular weight excluding hydrogens is 154 g/mol. The average Bonchev–Trinajstić information content (AvgIpc) is 2.00. The van der Waals surface area contributed by atoms with Gasteiger partial charge in [-0.15, -0.1) is 0 Å². The van der Waals surface area contributed by atoms with Gasteiger partial charge in [-0.25, -0.2) is 0 Å². The summed E-state index contributed by atoms with van der Waals surface area (Å²) < 4.78 is 0. The standard InChI is InChI=1S/C9H19NO2/c1-7(2)8(3)10-9(12)5-4-6-11/h7-8,11H,4-6H2,1-3H3,(H,10,12). The molecule has 12 heavy (non-hydrogen) atoms. The first kappa shape index (κ1) is 11.4. The molecule has 0 aromatic heterocycles. The van der Waals surface area contributed by atoms with Crippen LogP contribution in [0, 0.1) is 5.92 Å². The molecule has 0 radical (unpaired) electrons. The fourth-order valence-corrected chi connectivity index (χ4v) is 0.732. The van der Waals surface area contributed by atoms with Crippen molar-refractivity contribution in [2.24, 2.45) is 5.92 Å². The zero-order valence-electron chi connectivity index (χ0n) is 8.13. The van der Waals surface area contributed by atoms with Gasteiger partial charge in [0.2, 0.25) is 5.91 Å². The van der Waals surface area contributed by atoms with E-state index < -0.39 is 0 Å². The van der Waals surface area contributed by atoms with Crippen LogP contribution in [0.25, 0.3) is 0 Å².